The first-order valence-electron chi connectivity index (χ1n) is 9.55. The van der Waals surface area contributed by atoms with Crippen molar-refractivity contribution >= 4 is 5.97 Å². The number of nitrogens with zero attached hydrogens (tertiary/aromatic N) is 1. The van der Waals surface area contributed by atoms with Crippen molar-refractivity contribution in [3.63, 3.8) is 0 Å². The molecule has 6 nitrogen and oxygen atoms in total. The molecule has 24 heavy (non-hydrogen) atoms. The van der Waals surface area contributed by atoms with Gasteiger partial charge >= 0.3 is 5.97 Å². The van der Waals surface area contributed by atoms with Gasteiger partial charge in [0.05, 0.1) is 6.10 Å². The van der Waals surface area contributed by atoms with Gasteiger partial charge in [0.15, 0.2) is 0 Å². The molecule has 0 spiro atoms. The molecular weight excluding hydrogens is 310 g/mol. The van der Waals surface area contributed by atoms with Gasteiger partial charge in [0.1, 0.15) is 12.1 Å². The van der Waals surface area contributed by atoms with Gasteiger partial charge in [-0.2, -0.15) is 10.2 Å². The highest BCUT2D eigenvalue weighted by Crippen LogP contribution is 2.33. The number of rotatable bonds is 16. The van der Waals surface area contributed by atoms with E-state index in [-0.39, 0.29) is 24.7 Å². The van der Waals surface area contributed by atoms with Crippen molar-refractivity contribution in [1.82, 2.24) is 0 Å². The molecule has 1 saturated heterocycles. The zero-order valence-corrected chi connectivity index (χ0v) is 15.0. The van der Waals surface area contributed by atoms with Crippen LogP contribution in [-0.2, 0) is 14.4 Å². The third kappa shape index (κ3) is 9.33. The summed E-state index contributed by atoms with van der Waals surface area (Å²) in [7, 11) is 0. The van der Waals surface area contributed by atoms with Crippen LogP contribution in [0.2, 0.25) is 0 Å². The summed E-state index contributed by atoms with van der Waals surface area (Å²) < 4.78 is 5.64. The summed E-state index contributed by atoms with van der Waals surface area (Å²) in [6.45, 7) is 2.21. The summed E-state index contributed by atoms with van der Waals surface area (Å²) in [5.41, 5.74) is 0. The number of carbonyl (C=O) groups excluding carboxylic acids is 1. The third-order valence-electron chi connectivity index (χ3n) is 4.71. The molecule has 1 fully saturated rings. The molecule has 1 heterocycles. The zero-order chi connectivity index (χ0) is 17.6. The second-order valence-electron chi connectivity index (χ2n) is 6.78. The van der Waals surface area contributed by atoms with Gasteiger partial charge in [-0.3, -0.25) is 0 Å². The number of ether oxygens (including phenoxy) is 1. The lowest BCUT2D eigenvalue weighted by Gasteiger charge is -2.06. The average Bonchev–Trinajstić information content (AvgIpc) is 3.36. The Kier molecular flexibility index (Phi) is 11.7. The quantitative estimate of drug-likeness (QED) is 0.140. The number of hydrogen-bond donors (Lipinski definition) is 1. The SMILES string of the molecule is CCCCCCCC1OC1C(CCCCCCCC(=O)OO)N=O. The number of carbonyl (C=O) groups is 1. The average molecular weight is 343 g/mol. The minimum Gasteiger partial charge on any atom is -0.367 e. The molecule has 0 aromatic heterocycles. The van der Waals surface area contributed by atoms with Crippen LogP contribution in [0.15, 0.2) is 5.18 Å². The van der Waals surface area contributed by atoms with E-state index in [4.69, 9.17) is 9.99 Å². The summed E-state index contributed by atoms with van der Waals surface area (Å²) in [5, 5.41) is 11.4. The Morgan fingerprint density at radius 1 is 1.08 bits per heavy atom. The number of unbranched alkanes of at least 4 members (excludes halogenated alkanes) is 8. The van der Waals surface area contributed by atoms with E-state index in [0.29, 0.717) is 0 Å². The van der Waals surface area contributed by atoms with E-state index in [9.17, 15) is 9.70 Å². The molecule has 0 aromatic carbocycles. The Morgan fingerprint density at radius 3 is 2.46 bits per heavy atom. The van der Waals surface area contributed by atoms with Crippen molar-refractivity contribution in [1.29, 1.82) is 0 Å². The first-order chi connectivity index (χ1) is 11.7. The largest absolute Gasteiger partial charge is 0.367 e. The highest BCUT2D eigenvalue weighted by Gasteiger charge is 2.44. The van der Waals surface area contributed by atoms with Gasteiger partial charge in [0.2, 0.25) is 0 Å². The first kappa shape index (κ1) is 21.0. The van der Waals surface area contributed by atoms with Crippen LogP contribution in [-0.4, -0.2) is 29.5 Å². The monoisotopic (exact) mass is 343 g/mol. The molecule has 1 aliphatic rings. The van der Waals surface area contributed by atoms with Crippen molar-refractivity contribution in [3.05, 3.63) is 4.91 Å². The van der Waals surface area contributed by atoms with Gasteiger partial charge in [0.25, 0.3) is 0 Å². The summed E-state index contributed by atoms with van der Waals surface area (Å²) in [4.78, 5) is 25.4. The van der Waals surface area contributed by atoms with Gasteiger partial charge in [-0.1, -0.05) is 69.9 Å². The molecule has 3 unspecified atom stereocenters. The van der Waals surface area contributed by atoms with Crippen LogP contribution >= 0.6 is 0 Å². The maximum absolute atomic E-state index is 11.0. The lowest BCUT2D eigenvalue weighted by atomic mass is 10.0. The lowest BCUT2D eigenvalue weighted by molar-refractivity contribution is -0.234. The molecular formula is C18H33NO5. The fourth-order valence-electron chi connectivity index (χ4n) is 3.15. The Balaban J connectivity index is 1.98. The van der Waals surface area contributed by atoms with Crippen LogP contribution < -0.4 is 0 Å². The molecule has 1 rings (SSSR count). The maximum Gasteiger partial charge on any atom is 0.342 e. The van der Waals surface area contributed by atoms with Crippen LogP contribution in [0, 0.1) is 4.91 Å². The summed E-state index contributed by atoms with van der Waals surface area (Å²) in [6.07, 6.45) is 13.3. The van der Waals surface area contributed by atoms with Crippen molar-refractivity contribution < 1.29 is 19.7 Å². The van der Waals surface area contributed by atoms with E-state index in [1.54, 1.807) is 0 Å². The van der Waals surface area contributed by atoms with E-state index in [2.05, 4.69) is 17.0 Å². The summed E-state index contributed by atoms with van der Waals surface area (Å²) >= 11 is 0. The van der Waals surface area contributed by atoms with Gasteiger partial charge in [-0.25, -0.2) is 4.79 Å². The number of nitroso groups, excluding NO2 is 1. The smallest absolute Gasteiger partial charge is 0.342 e. The fourth-order valence-corrected chi connectivity index (χ4v) is 3.15. The van der Waals surface area contributed by atoms with Crippen molar-refractivity contribution in [2.75, 3.05) is 0 Å². The lowest BCUT2D eigenvalue weighted by Crippen LogP contribution is -2.14. The Bertz CT molecular complexity index is 350. The molecule has 1 aliphatic heterocycles. The molecule has 0 radical (unpaired) electrons. The molecule has 0 saturated carbocycles. The standard InChI is InChI=1S/C18H33NO5/c1-2-3-4-6-10-13-16-18(23-16)15(19-21)12-9-7-5-8-11-14-17(20)24-22/h15-16,18,22H,2-14H2,1H3. The van der Waals surface area contributed by atoms with Gasteiger partial charge in [0, 0.05) is 6.42 Å². The van der Waals surface area contributed by atoms with E-state index in [0.717, 1.165) is 44.9 Å². The number of epoxide rings is 1. The molecule has 0 aliphatic carbocycles. The second kappa shape index (κ2) is 13.3. The van der Waals surface area contributed by atoms with Crippen LogP contribution in [0.25, 0.3) is 0 Å². The molecule has 0 aromatic rings. The maximum atomic E-state index is 11.0. The predicted molar refractivity (Wildman–Crippen MR) is 92.7 cm³/mol. The summed E-state index contributed by atoms with van der Waals surface area (Å²) in [6, 6.07) is -0.199. The van der Waals surface area contributed by atoms with E-state index >= 15 is 0 Å². The first-order valence-corrected chi connectivity index (χ1v) is 9.55. The second-order valence-corrected chi connectivity index (χ2v) is 6.78. The van der Waals surface area contributed by atoms with Crippen LogP contribution in [0.5, 0.6) is 0 Å². The van der Waals surface area contributed by atoms with Gasteiger partial charge in [-0.15, -0.1) is 0 Å². The highest BCUT2D eigenvalue weighted by molar-refractivity contribution is 5.68. The van der Waals surface area contributed by atoms with Crippen LogP contribution in [0.3, 0.4) is 0 Å². The van der Waals surface area contributed by atoms with Gasteiger partial charge < -0.3 is 9.62 Å². The summed E-state index contributed by atoms with van der Waals surface area (Å²) in [5.74, 6) is -0.577. The number of hydrogen-bond acceptors (Lipinski definition) is 6. The van der Waals surface area contributed by atoms with Gasteiger partial charge in [-0.05, 0) is 19.3 Å². The van der Waals surface area contributed by atoms with E-state index < -0.39 is 5.97 Å². The Hall–Kier alpha value is -1.01. The van der Waals surface area contributed by atoms with Crippen molar-refractivity contribution in [3.8, 4) is 0 Å². The van der Waals surface area contributed by atoms with E-state index in [1.165, 1.54) is 32.1 Å². The zero-order valence-electron chi connectivity index (χ0n) is 15.0. The molecule has 1 N–H and O–H groups in total. The molecule has 6 heteroatoms. The Labute approximate surface area is 145 Å². The molecule has 0 amide bonds. The normalized spacial score (nSPS) is 20.6. The molecule has 0 bridgehead atoms. The van der Waals surface area contributed by atoms with Crippen LogP contribution in [0.4, 0.5) is 0 Å². The predicted octanol–water partition coefficient (Wildman–Crippen LogP) is 5.00. The highest BCUT2D eigenvalue weighted by atomic mass is 17.1. The molecule has 3 atom stereocenters. The van der Waals surface area contributed by atoms with Crippen LogP contribution in [0.1, 0.15) is 90.4 Å². The van der Waals surface area contributed by atoms with Crippen molar-refractivity contribution in [2.24, 2.45) is 5.18 Å². The van der Waals surface area contributed by atoms with Crippen molar-refractivity contribution in [2.45, 2.75) is 109 Å². The minimum absolute atomic E-state index is 0.0491. The topological polar surface area (TPSA) is 88.5 Å². The van der Waals surface area contributed by atoms with E-state index in [1.807, 2.05) is 0 Å². The third-order valence-corrected chi connectivity index (χ3v) is 4.71. The fraction of sp³-hybridized carbons (Fsp3) is 0.944. The Morgan fingerprint density at radius 2 is 1.75 bits per heavy atom. The minimum atomic E-state index is -0.577. The molecule has 140 valence electrons.